The van der Waals surface area contributed by atoms with Crippen molar-refractivity contribution in [2.45, 2.75) is 13.5 Å². The maximum absolute atomic E-state index is 11.3. The number of carbonyl (C=O) groups is 2. The zero-order valence-corrected chi connectivity index (χ0v) is 9.84. The van der Waals surface area contributed by atoms with E-state index < -0.39 is 4.92 Å². The second-order valence-corrected chi connectivity index (χ2v) is 3.40. The summed E-state index contributed by atoms with van der Waals surface area (Å²) in [7, 11) is 1.35. The molecule has 1 rings (SSSR count). The predicted molar refractivity (Wildman–Crippen MR) is 60.5 cm³/mol. The summed E-state index contributed by atoms with van der Waals surface area (Å²) in [6.07, 6.45) is 0. The smallest absolute Gasteiger partial charge is 0.293 e. The minimum Gasteiger partial charge on any atom is -0.496 e. The van der Waals surface area contributed by atoms with Gasteiger partial charge in [-0.15, -0.1) is 0 Å². The van der Waals surface area contributed by atoms with Gasteiger partial charge >= 0.3 is 0 Å². The Morgan fingerprint density at radius 1 is 1.50 bits per heavy atom. The average molecular weight is 253 g/mol. The van der Waals surface area contributed by atoms with Gasteiger partial charge in [0.15, 0.2) is 5.78 Å². The van der Waals surface area contributed by atoms with Crippen molar-refractivity contribution in [1.82, 2.24) is 0 Å². The number of hydrogen-bond donors (Lipinski definition) is 0. The standard InChI is InChI=1S/C11H11NO6/c1-7(14)9-4-10(12(15)16)8(5-18-6-13)3-11(9)17-2/h3-4,6H,5H2,1-2H3. The number of Topliss-reactive ketones (excluding diaryl/α,β-unsaturated/α-hetero) is 1. The topological polar surface area (TPSA) is 95.7 Å². The lowest BCUT2D eigenvalue weighted by Gasteiger charge is -2.09. The number of ketones is 1. The maximum Gasteiger partial charge on any atom is 0.293 e. The number of benzene rings is 1. The van der Waals surface area contributed by atoms with E-state index in [9.17, 15) is 19.7 Å². The summed E-state index contributed by atoms with van der Waals surface area (Å²) in [5.74, 6) is -0.143. The van der Waals surface area contributed by atoms with E-state index in [0.717, 1.165) is 6.07 Å². The second-order valence-electron chi connectivity index (χ2n) is 3.40. The van der Waals surface area contributed by atoms with E-state index in [4.69, 9.17) is 4.74 Å². The first-order valence-electron chi connectivity index (χ1n) is 4.92. The van der Waals surface area contributed by atoms with Crippen LogP contribution >= 0.6 is 0 Å². The Morgan fingerprint density at radius 2 is 2.17 bits per heavy atom. The SMILES string of the molecule is COc1cc(COC=O)c([N+](=O)[O-])cc1C(C)=O. The van der Waals surface area contributed by atoms with Crippen LogP contribution in [0.5, 0.6) is 5.75 Å². The molecular formula is C11H11NO6. The van der Waals surface area contributed by atoms with Gasteiger partial charge in [-0.05, 0) is 13.0 Å². The number of methoxy groups -OCH3 is 1. The number of nitrogens with zero attached hydrogens (tertiary/aromatic N) is 1. The molecule has 18 heavy (non-hydrogen) atoms. The number of carbonyl (C=O) groups excluding carboxylic acids is 2. The van der Waals surface area contributed by atoms with Gasteiger partial charge in [-0.1, -0.05) is 0 Å². The molecule has 0 fully saturated rings. The molecule has 0 spiro atoms. The van der Waals surface area contributed by atoms with Crippen LogP contribution in [0, 0.1) is 10.1 Å². The van der Waals surface area contributed by atoms with Crippen LogP contribution in [0.1, 0.15) is 22.8 Å². The lowest BCUT2D eigenvalue weighted by Crippen LogP contribution is -2.04. The summed E-state index contributed by atoms with van der Waals surface area (Å²) in [5.41, 5.74) is -0.0177. The number of hydrogen-bond acceptors (Lipinski definition) is 6. The Labute approximate surface area is 102 Å². The summed E-state index contributed by atoms with van der Waals surface area (Å²) >= 11 is 0. The van der Waals surface area contributed by atoms with Gasteiger partial charge in [0.05, 0.1) is 23.2 Å². The fourth-order valence-electron chi connectivity index (χ4n) is 1.46. The molecule has 1 aromatic rings. The first-order chi connectivity index (χ1) is 8.51. The van der Waals surface area contributed by atoms with Crippen molar-refractivity contribution >= 4 is 17.9 Å². The molecule has 1 aromatic carbocycles. The highest BCUT2D eigenvalue weighted by molar-refractivity contribution is 5.97. The second kappa shape index (κ2) is 5.76. The molecule has 0 aliphatic carbocycles. The molecule has 0 atom stereocenters. The maximum atomic E-state index is 11.3. The Morgan fingerprint density at radius 3 is 2.61 bits per heavy atom. The molecule has 0 bridgehead atoms. The average Bonchev–Trinajstić information content (AvgIpc) is 2.34. The molecule has 96 valence electrons. The monoisotopic (exact) mass is 253 g/mol. The van der Waals surface area contributed by atoms with E-state index in [1.807, 2.05) is 0 Å². The van der Waals surface area contributed by atoms with E-state index in [1.54, 1.807) is 0 Å². The fourth-order valence-corrected chi connectivity index (χ4v) is 1.46. The molecule has 0 amide bonds. The molecule has 0 aromatic heterocycles. The third-order valence-corrected chi connectivity index (χ3v) is 2.28. The van der Waals surface area contributed by atoms with Crippen LogP contribution < -0.4 is 4.74 Å². The first-order valence-corrected chi connectivity index (χ1v) is 4.92. The van der Waals surface area contributed by atoms with Crippen molar-refractivity contribution in [2.24, 2.45) is 0 Å². The summed E-state index contributed by atoms with van der Waals surface area (Å²) in [6, 6.07) is 2.43. The molecule has 0 aliphatic heterocycles. The molecular weight excluding hydrogens is 242 g/mol. The van der Waals surface area contributed by atoms with Crippen molar-refractivity contribution < 1.29 is 24.0 Å². The number of ether oxygens (including phenoxy) is 2. The molecule has 0 radical (unpaired) electrons. The highest BCUT2D eigenvalue weighted by atomic mass is 16.6. The lowest BCUT2D eigenvalue weighted by atomic mass is 10.1. The molecule has 0 unspecified atom stereocenters. The molecule has 0 saturated heterocycles. The summed E-state index contributed by atoms with van der Waals surface area (Å²) in [6.45, 7) is 1.21. The van der Waals surface area contributed by atoms with Crippen LogP contribution in [0.15, 0.2) is 12.1 Å². The van der Waals surface area contributed by atoms with Crippen molar-refractivity contribution in [3.05, 3.63) is 33.4 Å². The summed E-state index contributed by atoms with van der Waals surface area (Å²) < 4.78 is 9.46. The molecule has 7 nitrogen and oxygen atoms in total. The third-order valence-electron chi connectivity index (χ3n) is 2.28. The summed E-state index contributed by atoms with van der Waals surface area (Å²) in [4.78, 5) is 31.7. The van der Waals surface area contributed by atoms with Crippen LogP contribution in [0.25, 0.3) is 0 Å². The van der Waals surface area contributed by atoms with Gasteiger partial charge in [0.25, 0.3) is 12.2 Å². The van der Waals surface area contributed by atoms with Gasteiger partial charge in [0.1, 0.15) is 12.4 Å². The van der Waals surface area contributed by atoms with Crippen LogP contribution in [0.2, 0.25) is 0 Å². The van der Waals surface area contributed by atoms with Crippen molar-refractivity contribution in [3.8, 4) is 5.75 Å². The first kappa shape index (κ1) is 13.6. The lowest BCUT2D eigenvalue weighted by molar-refractivity contribution is -0.385. The van der Waals surface area contributed by atoms with E-state index in [2.05, 4.69) is 4.74 Å². The van der Waals surface area contributed by atoms with Gasteiger partial charge in [-0.25, -0.2) is 0 Å². The zero-order chi connectivity index (χ0) is 13.7. The van der Waals surface area contributed by atoms with E-state index >= 15 is 0 Å². The Hall–Kier alpha value is -2.44. The Bertz CT molecular complexity index is 497. The number of nitro groups is 1. The normalized spacial score (nSPS) is 9.67. The van der Waals surface area contributed by atoms with Crippen LogP contribution in [-0.4, -0.2) is 24.3 Å². The van der Waals surface area contributed by atoms with Gasteiger partial charge in [-0.3, -0.25) is 19.7 Å². The molecule has 0 aliphatic rings. The van der Waals surface area contributed by atoms with Gasteiger partial charge in [0, 0.05) is 6.07 Å². The fraction of sp³-hybridized carbons (Fsp3) is 0.273. The van der Waals surface area contributed by atoms with Crippen LogP contribution in [-0.2, 0) is 16.1 Å². The van der Waals surface area contributed by atoms with E-state index in [-0.39, 0.29) is 41.4 Å². The number of nitro benzene ring substituents is 1. The quantitative estimate of drug-likeness (QED) is 0.330. The molecule has 0 saturated carbocycles. The van der Waals surface area contributed by atoms with Crippen molar-refractivity contribution in [2.75, 3.05) is 7.11 Å². The number of rotatable bonds is 6. The molecule has 7 heteroatoms. The minimum atomic E-state index is -0.643. The molecule has 0 N–H and O–H groups in total. The van der Waals surface area contributed by atoms with Gasteiger partial charge < -0.3 is 9.47 Å². The van der Waals surface area contributed by atoms with Gasteiger partial charge in [0.2, 0.25) is 0 Å². The molecule has 0 heterocycles. The van der Waals surface area contributed by atoms with Gasteiger partial charge in [-0.2, -0.15) is 0 Å². The van der Waals surface area contributed by atoms with Crippen molar-refractivity contribution in [1.29, 1.82) is 0 Å². The minimum absolute atomic E-state index is 0.110. The van der Waals surface area contributed by atoms with Crippen molar-refractivity contribution in [3.63, 3.8) is 0 Å². The van der Waals surface area contributed by atoms with Crippen LogP contribution in [0.3, 0.4) is 0 Å². The predicted octanol–water partition coefficient (Wildman–Crippen LogP) is 1.48. The Kier molecular flexibility index (Phi) is 4.36. The zero-order valence-electron chi connectivity index (χ0n) is 9.84. The highest BCUT2D eigenvalue weighted by Crippen LogP contribution is 2.29. The third kappa shape index (κ3) is 2.82. The summed E-state index contributed by atoms with van der Waals surface area (Å²) in [5, 5.41) is 10.9. The van der Waals surface area contributed by atoms with Crippen LogP contribution in [0.4, 0.5) is 5.69 Å². The Balaban J connectivity index is 3.36. The largest absolute Gasteiger partial charge is 0.496 e. The highest BCUT2D eigenvalue weighted by Gasteiger charge is 2.20. The van der Waals surface area contributed by atoms with E-state index in [0.29, 0.717) is 0 Å². The van der Waals surface area contributed by atoms with E-state index in [1.165, 1.54) is 20.1 Å².